The lowest BCUT2D eigenvalue weighted by Gasteiger charge is -2.33. The van der Waals surface area contributed by atoms with Crippen molar-refractivity contribution in [2.45, 2.75) is 18.8 Å². The second-order valence-electron chi connectivity index (χ2n) is 4.93. The first-order chi connectivity index (χ1) is 9.86. The Bertz CT molecular complexity index is 559. The van der Waals surface area contributed by atoms with Crippen molar-refractivity contribution in [1.82, 2.24) is 19.9 Å². The number of hydrogen-bond acceptors (Lipinski definition) is 6. The molecular weight excluding hydrogens is 252 g/mol. The fourth-order valence-electron chi connectivity index (χ4n) is 2.58. The Balaban J connectivity index is 1.78. The van der Waals surface area contributed by atoms with Crippen LogP contribution in [0.25, 0.3) is 0 Å². The van der Waals surface area contributed by atoms with Gasteiger partial charge in [0.05, 0.1) is 18.1 Å². The van der Waals surface area contributed by atoms with Crippen LogP contribution in [0.1, 0.15) is 24.5 Å². The molecule has 1 atom stereocenters. The van der Waals surface area contributed by atoms with Crippen molar-refractivity contribution in [2.75, 3.05) is 30.4 Å². The van der Waals surface area contributed by atoms with Crippen molar-refractivity contribution < 1.29 is 0 Å². The molecule has 0 unspecified atom stereocenters. The van der Waals surface area contributed by atoms with Gasteiger partial charge in [0.15, 0.2) is 0 Å². The van der Waals surface area contributed by atoms with Crippen molar-refractivity contribution in [2.24, 2.45) is 0 Å². The Morgan fingerprint density at radius 3 is 2.95 bits per heavy atom. The summed E-state index contributed by atoms with van der Waals surface area (Å²) in [5.41, 5.74) is 1.05. The molecule has 3 rings (SSSR count). The molecule has 2 aromatic rings. The fraction of sp³-hybridized carbons (Fsp3) is 0.429. The predicted molar refractivity (Wildman–Crippen MR) is 77.8 cm³/mol. The summed E-state index contributed by atoms with van der Waals surface area (Å²) in [5.74, 6) is 2.15. The van der Waals surface area contributed by atoms with Crippen LogP contribution in [0.5, 0.6) is 0 Å². The molecule has 0 aliphatic carbocycles. The lowest BCUT2D eigenvalue weighted by atomic mass is 9.95. The molecule has 0 radical (unpaired) electrons. The molecule has 2 aromatic heterocycles. The SMILES string of the molecule is CNc1cncc([C@@H]2CCCN(c3cnccn3)C2)n1. The average molecular weight is 270 g/mol. The number of hydrogen-bond donors (Lipinski definition) is 1. The van der Waals surface area contributed by atoms with E-state index in [0.717, 1.165) is 43.3 Å². The maximum absolute atomic E-state index is 4.61. The standard InChI is InChI=1S/C14H18N6/c1-15-13-8-17-7-12(19-13)11-3-2-6-20(10-11)14-9-16-4-5-18-14/h4-5,7-9,11H,2-3,6,10H2,1H3,(H,15,19)/t11-/m1/s1. The first-order valence-electron chi connectivity index (χ1n) is 6.87. The summed E-state index contributed by atoms with van der Waals surface area (Å²) in [6.07, 6.45) is 11.1. The first kappa shape index (κ1) is 12.8. The topological polar surface area (TPSA) is 66.8 Å². The maximum Gasteiger partial charge on any atom is 0.147 e. The van der Waals surface area contributed by atoms with Crippen LogP contribution in [0.4, 0.5) is 11.6 Å². The smallest absolute Gasteiger partial charge is 0.147 e. The van der Waals surface area contributed by atoms with Crippen LogP contribution in [0.15, 0.2) is 31.0 Å². The molecule has 20 heavy (non-hydrogen) atoms. The summed E-state index contributed by atoms with van der Waals surface area (Å²) in [5, 5.41) is 3.04. The third-order valence-electron chi connectivity index (χ3n) is 3.62. The van der Waals surface area contributed by atoms with Gasteiger partial charge in [0, 0.05) is 44.6 Å². The van der Waals surface area contributed by atoms with E-state index in [2.05, 4.69) is 30.2 Å². The normalized spacial score (nSPS) is 18.9. The number of nitrogens with one attached hydrogen (secondary N) is 1. The highest BCUT2D eigenvalue weighted by molar-refractivity contribution is 5.37. The van der Waals surface area contributed by atoms with Crippen molar-refractivity contribution in [3.63, 3.8) is 0 Å². The van der Waals surface area contributed by atoms with E-state index in [1.807, 2.05) is 19.4 Å². The van der Waals surface area contributed by atoms with Crippen LogP contribution >= 0.6 is 0 Å². The molecule has 0 saturated carbocycles. The zero-order chi connectivity index (χ0) is 13.8. The Labute approximate surface area is 118 Å². The highest BCUT2D eigenvalue weighted by atomic mass is 15.2. The summed E-state index contributed by atoms with van der Waals surface area (Å²) in [4.78, 5) is 19.7. The lowest BCUT2D eigenvalue weighted by Crippen LogP contribution is -2.35. The van der Waals surface area contributed by atoms with Gasteiger partial charge in [-0.2, -0.15) is 0 Å². The quantitative estimate of drug-likeness (QED) is 0.915. The molecule has 104 valence electrons. The Hall–Kier alpha value is -2.24. The molecule has 1 fully saturated rings. The minimum Gasteiger partial charge on any atom is -0.372 e. The van der Waals surface area contributed by atoms with Gasteiger partial charge in [0.1, 0.15) is 11.6 Å². The second kappa shape index (κ2) is 5.81. The largest absolute Gasteiger partial charge is 0.372 e. The zero-order valence-electron chi connectivity index (χ0n) is 11.5. The molecule has 3 heterocycles. The number of aromatic nitrogens is 4. The fourth-order valence-corrected chi connectivity index (χ4v) is 2.58. The molecule has 0 spiro atoms. The van der Waals surface area contributed by atoms with Crippen molar-refractivity contribution >= 4 is 11.6 Å². The van der Waals surface area contributed by atoms with Gasteiger partial charge >= 0.3 is 0 Å². The highest BCUT2D eigenvalue weighted by Crippen LogP contribution is 2.27. The monoisotopic (exact) mass is 270 g/mol. The van der Waals surface area contributed by atoms with E-state index in [-0.39, 0.29) is 0 Å². The zero-order valence-corrected chi connectivity index (χ0v) is 11.5. The van der Waals surface area contributed by atoms with Gasteiger partial charge in [-0.05, 0) is 12.8 Å². The van der Waals surface area contributed by atoms with Crippen LogP contribution in [-0.4, -0.2) is 40.1 Å². The van der Waals surface area contributed by atoms with Crippen molar-refractivity contribution in [1.29, 1.82) is 0 Å². The molecule has 6 heteroatoms. The number of nitrogens with zero attached hydrogens (tertiary/aromatic N) is 5. The molecule has 1 aliphatic heterocycles. The molecule has 0 amide bonds. The van der Waals surface area contributed by atoms with Crippen LogP contribution < -0.4 is 10.2 Å². The van der Waals surface area contributed by atoms with Crippen LogP contribution in [0, 0.1) is 0 Å². The van der Waals surface area contributed by atoms with Crippen LogP contribution in [-0.2, 0) is 0 Å². The molecule has 0 bridgehead atoms. The van der Waals surface area contributed by atoms with Crippen molar-refractivity contribution in [3.05, 3.63) is 36.7 Å². The second-order valence-corrected chi connectivity index (χ2v) is 4.93. The molecule has 1 N–H and O–H groups in total. The number of rotatable bonds is 3. The van der Waals surface area contributed by atoms with Gasteiger partial charge in [-0.3, -0.25) is 9.97 Å². The molecular formula is C14H18N6. The lowest BCUT2D eigenvalue weighted by molar-refractivity contribution is 0.497. The van der Waals surface area contributed by atoms with Crippen molar-refractivity contribution in [3.8, 4) is 0 Å². The van der Waals surface area contributed by atoms with E-state index in [1.165, 1.54) is 0 Å². The predicted octanol–water partition coefficient (Wildman–Crippen LogP) is 1.69. The molecule has 1 saturated heterocycles. The summed E-state index contributed by atoms with van der Waals surface area (Å²) in [6.45, 7) is 1.94. The third kappa shape index (κ3) is 2.68. The summed E-state index contributed by atoms with van der Waals surface area (Å²) in [6, 6.07) is 0. The third-order valence-corrected chi connectivity index (χ3v) is 3.62. The Kier molecular flexibility index (Phi) is 3.71. The number of anilines is 2. The number of piperidine rings is 1. The minimum absolute atomic E-state index is 0.395. The average Bonchev–Trinajstić information content (AvgIpc) is 2.56. The first-order valence-corrected chi connectivity index (χ1v) is 6.87. The molecule has 6 nitrogen and oxygen atoms in total. The maximum atomic E-state index is 4.61. The molecule has 1 aliphatic rings. The Morgan fingerprint density at radius 2 is 2.15 bits per heavy atom. The molecule has 0 aromatic carbocycles. The van der Waals surface area contributed by atoms with E-state index in [9.17, 15) is 0 Å². The van der Waals surface area contributed by atoms with Gasteiger partial charge in [-0.1, -0.05) is 0 Å². The van der Waals surface area contributed by atoms with Gasteiger partial charge in [0.25, 0.3) is 0 Å². The van der Waals surface area contributed by atoms with E-state index in [0.29, 0.717) is 5.92 Å². The van der Waals surface area contributed by atoms with E-state index in [4.69, 9.17) is 0 Å². The van der Waals surface area contributed by atoms with Crippen LogP contribution in [0.2, 0.25) is 0 Å². The van der Waals surface area contributed by atoms with Crippen LogP contribution in [0.3, 0.4) is 0 Å². The highest BCUT2D eigenvalue weighted by Gasteiger charge is 2.23. The van der Waals surface area contributed by atoms with Gasteiger partial charge in [-0.15, -0.1) is 0 Å². The van der Waals surface area contributed by atoms with E-state index >= 15 is 0 Å². The van der Waals surface area contributed by atoms with E-state index in [1.54, 1.807) is 18.6 Å². The minimum atomic E-state index is 0.395. The summed E-state index contributed by atoms with van der Waals surface area (Å²) in [7, 11) is 1.86. The van der Waals surface area contributed by atoms with Gasteiger partial charge in [0.2, 0.25) is 0 Å². The van der Waals surface area contributed by atoms with Gasteiger partial charge < -0.3 is 10.2 Å². The summed E-state index contributed by atoms with van der Waals surface area (Å²) < 4.78 is 0. The summed E-state index contributed by atoms with van der Waals surface area (Å²) >= 11 is 0. The van der Waals surface area contributed by atoms with E-state index < -0.39 is 0 Å². The Morgan fingerprint density at radius 1 is 1.20 bits per heavy atom. The van der Waals surface area contributed by atoms with Gasteiger partial charge in [-0.25, -0.2) is 9.97 Å².